The number of carbonyl (C=O) groups is 1. The minimum atomic E-state index is -1.09. The van der Waals surface area contributed by atoms with Crippen molar-refractivity contribution in [3.05, 3.63) is 34.2 Å². The van der Waals surface area contributed by atoms with Crippen molar-refractivity contribution in [3.63, 3.8) is 0 Å². The van der Waals surface area contributed by atoms with Gasteiger partial charge in [0.25, 0.3) is 5.56 Å². The number of rotatable bonds is 3. The number of aliphatic hydroxyl groups is 1. The Hall–Kier alpha value is -1.62. The maximum atomic E-state index is 11.2. The molecule has 1 atom stereocenters. The molecule has 0 aliphatic heterocycles. The van der Waals surface area contributed by atoms with E-state index in [1.165, 1.54) is 29.8 Å². The monoisotopic (exact) mass is 197 g/mol. The molecule has 0 aliphatic rings. The summed E-state index contributed by atoms with van der Waals surface area (Å²) in [7, 11) is 0. The van der Waals surface area contributed by atoms with Gasteiger partial charge >= 0.3 is 5.97 Å². The fourth-order valence-corrected chi connectivity index (χ4v) is 1.09. The Morgan fingerprint density at radius 3 is 2.71 bits per heavy atom. The molecule has 0 amide bonds. The molecular formula is C9H11NO4. The van der Waals surface area contributed by atoms with Crippen LogP contribution in [0.5, 0.6) is 0 Å². The van der Waals surface area contributed by atoms with E-state index >= 15 is 0 Å². The zero-order valence-electron chi connectivity index (χ0n) is 7.67. The lowest BCUT2D eigenvalue weighted by Gasteiger charge is -2.07. The van der Waals surface area contributed by atoms with Crippen molar-refractivity contribution in [1.82, 2.24) is 4.57 Å². The summed E-state index contributed by atoms with van der Waals surface area (Å²) in [6.07, 6.45) is 0.536. The third-order valence-corrected chi connectivity index (χ3v) is 1.69. The molecule has 14 heavy (non-hydrogen) atoms. The van der Waals surface area contributed by atoms with Crippen LogP contribution in [0.3, 0.4) is 0 Å². The number of hydrogen-bond acceptors (Lipinski definition) is 3. The molecule has 0 aromatic carbocycles. The number of carboxylic acids is 1. The quantitative estimate of drug-likeness (QED) is 0.710. The Bertz CT molecular complexity index is 394. The van der Waals surface area contributed by atoms with Crippen molar-refractivity contribution >= 4 is 5.97 Å². The molecule has 0 fully saturated rings. The minimum absolute atomic E-state index is 0.0326. The molecule has 1 rings (SSSR count). The fourth-order valence-electron chi connectivity index (χ4n) is 1.09. The number of aromatic carboxylic acids is 1. The summed E-state index contributed by atoms with van der Waals surface area (Å²) in [6.45, 7) is 1.62. The summed E-state index contributed by atoms with van der Waals surface area (Å²) in [5.41, 5.74) is -0.291. The molecule has 76 valence electrons. The molecule has 1 aromatic rings. The van der Waals surface area contributed by atoms with Gasteiger partial charge in [-0.1, -0.05) is 0 Å². The molecule has 1 heterocycles. The van der Waals surface area contributed by atoms with Crippen molar-refractivity contribution in [2.24, 2.45) is 0 Å². The molecule has 5 nitrogen and oxygen atoms in total. The van der Waals surface area contributed by atoms with Crippen molar-refractivity contribution in [3.8, 4) is 0 Å². The van der Waals surface area contributed by atoms with E-state index in [-0.39, 0.29) is 17.7 Å². The van der Waals surface area contributed by atoms with Gasteiger partial charge in [-0.2, -0.15) is 0 Å². The van der Waals surface area contributed by atoms with Crippen molar-refractivity contribution in [2.45, 2.75) is 19.6 Å². The molecular weight excluding hydrogens is 186 g/mol. The zero-order valence-corrected chi connectivity index (χ0v) is 7.67. The predicted molar refractivity (Wildman–Crippen MR) is 49.3 cm³/mol. The van der Waals surface area contributed by atoms with Gasteiger partial charge in [0.1, 0.15) is 0 Å². The van der Waals surface area contributed by atoms with E-state index in [1.807, 2.05) is 0 Å². The first kappa shape index (κ1) is 10.5. The normalized spacial score (nSPS) is 12.4. The van der Waals surface area contributed by atoms with E-state index in [2.05, 4.69) is 0 Å². The van der Waals surface area contributed by atoms with Crippen LogP contribution in [0.15, 0.2) is 23.1 Å². The molecule has 0 bridgehead atoms. The molecule has 0 aliphatic carbocycles. The average molecular weight is 197 g/mol. The lowest BCUT2D eigenvalue weighted by atomic mass is 10.3. The van der Waals surface area contributed by atoms with Crippen molar-refractivity contribution < 1.29 is 15.0 Å². The summed E-state index contributed by atoms with van der Waals surface area (Å²) in [6, 6.07) is 2.41. The Balaban J connectivity index is 3.08. The third kappa shape index (κ3) is 2.43. The van der Waals surface area contributed by atoms with Crippen LogP contribution in [0.1, 0.15) is 17.3 Å². The Morgan fingerprint density at radius 1 is 1.57 bits per heavy atom. The van der Waals surface area contributed by atoms with Crippen LogP contribution in [0, 0.1) is 0 Å². The van der Waals surface area contributed by atoms with Crippen LogP contribution in [0.4, 0.5) is 0 Å². The number of hydrogen-bond donors (Lipinski definition) is 2. The van der Waals surface area contributed by atoms with Crippen molar-refractivity contribution in [2.75, 3.05) is 0 Å². The zero-order chi connectivity index (χ0) is 10.7. The maximum absolute atomic E-state index is 11.2. The highest BCUT2D eigenvalue weighted by atomic mass is 16.4. The molecule has 0 saturated carbocycles. The minimum Gasteiger partial charge on any atom is -0.478 e. The van der Waals surface area contributed by atoms with E-state index in [4.69, 9.17) is 10.2 Å². The lowest BCUT2D eigenvalue weighted by Crippen LogP contribution is -2.25. The number of pyridine rings is 1. The molecule has 5 heteroatoms. The van der Waals surface area contributed by atoms with Crippen LogP contribution in [0.2, 0.25) is 0 Å². The lowest BCUT2D eigenvalue weighted by molar-refractivity contribution is 0.0695. The fraction of sp³-hybridized carbons (Fsp3) is 0.333. The summed E-state index contributed by atoms with van der Waals surface area (Å²) >= 11 is 0. The third-order valence-electron chi connectivity index (χ3n) is 1.69. The van der Waals surface area contributed by atoms with Gasteiger partial charge in [-0.3, -0.25) is 4.79 Å². The van der Waals surface area contributed by atoms with E-state index in [0.717, 1.165) is 0 Å². The first-order chi connectivity index (χ1) is 6.50. The SMILES string of the molecule is C[C@@H](O)Cn1cc(C(=O)O)ccc1=O. The maximum Gasteiger partial charge on any atom is 0.337 e. The average Bonchev–Trinajstić information content (AvgIpc) is 2.07. The molecule has 0 saturated heterocycles. The van der Waals surface area contributed by atoms with Crippen LogP contribution < -0.4 is 5.56 Å². The van der Waals surface area contributed by atoms with E-state index in [0.29, 0.717) is 0 Å². The summed E-state index contributed by atoms with van der Waals surface area (Å²) in [4.78, 5) is 21.8. The molecule has 0 unspecified atom stereocenters. The molecule has 2 N–H and O–H groups in total. The highest BCUT2D eigenvalue weighted by molar-refractivity contribution is 5.87. The van der Waals surface area contributed by atoms with Crippen LogP contribution in [-0.2, 0) is 6.54 Å². The van der Waals surface area contributed by atoms with Crippen molar-refractivity contribution in [1.29, 1.82) is 0 Å². The second-order valence-electron chi connectivity index (χ2n) is 3.06. The Kier molecular flexibility index (Phi) is 3.03. The number of aliphatic hydroxyl groups excluding tert-OH is 1. The van der Waals surface area contributed by atoms with E-state index in [1.54, 1.807) is 0 Å². The highest BCUT2D eigenvalue weighted by Gasteiger charge is 2.06. The first-order valence-corrected chi connectivity index (χ1v) is 4.12. The smallest absolute Gasteiger partial charge is 0.337 e. The van der Waals surface area contributed by atoms with Gasteiger partial charge < -0.3 is 14.8 Å². The molecule has 1 aromatic heterocycles. The van der Waals surface area contributed by atoms with Gasteiger partial charge in [0.15, 0.2) is 0 Å². The largest absolute Gasteiger partial charge is 0.478 e. The Labute approximate surface area is 80.2 Å². The van der Waals surface area contributed by atoms with E-state index < -0.39 is 12.1 Å². The summed E-state index contributed by atoms with van der Waals surface area (Å²) in [5, 5.41) is 17.7. The summed E-state index contributed by atoms with van der Waals surface area (Å²) in [5.74, 6) is -1.09. The highest BCUT2D eigenvalue weighted by Crippen LogP contribution is 1.96. The van der Waals surface area contributed by atoms with Crippen LogP contribution in [0.25, 0.3) is 0 Å². The summed E-state index contributed by atoms with van der Waals surface area (Å²) < 4.78 is 1.17. The van der Waals surface area contributed by atoms with Gasteiger partial charge in [0.05, 0.1) is 18.2 Å². The Morgan fingerprint density at radius 2 is 2.21 bits per heavy atom. The van der Waals surface area contributed by atoms with Gasteiger partial charge in [0, 0.05) is 12.3 Å². The second-order valence-corrected chi connectivity index (χ2v) is 3.06. The number of aromatic nitrogens is 1. The topological polar surface area (TPSA) is 79.5 Å². The number of nitrogens with zero attached hydrogens (tertiary/aromatic N) is 1. The van der Waals surface area contributed by atoms with Crippen LogP contribution >= 0.6 is 0 Å². The van der Waals surface area contributed by atoms with Gasteiger partial charge in [0.2, 0.25) is 0 Å². The standard InChI is InChI=1S/C9H11NO4/c1-6(11)4-10-5-7(9(13)14)2-3-8(10)12/h2-3,5-6,11H,4H2,1H3,(H,13,14)/t6-/m1/s1. The number of carboxylic acid groups (broad SMARTS) is 1. The molecule has 0 spiro atoms. The van der Waals surface area contributed by atoms with Gasteiger partial charge in [-0.05, 0) is 13.0 Å². The van der Waals surface area contributed by atoms with Gasteiger partial charge in [-0.25, -0.2) is 4.79 Å². The first-order valence-electron chi connectivity index (χ1n) is 4.12. The van der Waals surface area contributed by atoms with Crippen LogP contribution in [-0.4, -0.2) is 26.9 Å². The van der Waals surface area contributed by atoms with E-state index in [9.17, 15) is 9.59 Å². The second kappa shape index (κ2) is 4.06. The molecule has 0 radical (unpaired) electrons. The predicted octanol–water partition coefficient (Wildman–Crippen LogP) is -0.0727. The van der Waals surface area contributed by atoms with Gasteiger partial charge in [-0.15, -0.1) is 0 Å².